The maximum Gasteiger partial charge on any atom is 0.243 e. The van der Waals surface area contributed by atoms with Crippen molar-refractivity contribution in [2.24, 2.45) is 5.92 Å². The molecule has 6 nitrogen and oxygen atoms in total. The highest BCUT2D eigenvalue weighted by Crippen LogP contribution is 2.22. The monoisotopic (exact) mass is 389 g/mol. The van der Waals surface area contributed by atoms with E-state index in [1.165, 1.54) is 4.31 Å². The first-order valence-electron chi connectivity index (χ1n) is 9.34. The van der Waals surface area contributed by atoms with Crippen molar-refractivity contribution in [3.8, 4) is 0 Å². The minimum atomic E-state index is -3.52. The van der Waals surface area contributed by atoms with Gasteiger partial charge in [0.15, 0.2) is 0 Å². The van der Waals surface area contributed by atoms with Crippen LogP contribution >= 0.6 is 0 Å². The van der Waals surface area contributed by atoms with Crippen LogP contribution in [0.25, 0.3) is 10.8 Å². The van der Waals surface area contributed by atoms with Gasteiger partial charge in [-0.05, 0) is 28.8 Å². The topological polar surface area (TPSA) is 69.7 Å². The van der Waals surface area contributed by atoms with E-state index in [2.05, 4.69) is 19.2 Å². The lowest BCUT2D eigenvalue weighted by molar-refractivity contribution is -0.122. The van der Waals surface area contributed by atoms with E-state index >= 15 is 0 Å². The second-order valence-electron chi connectivity index (χ2n) is 7.39. The van der Waals surface area contributed by atoms with Gasteiger partial charge >= 0.3 is 0 Å². The number of carbonyl (C=O) groups excluding carboxylic acids is 1. The van der Waals surface area contributed by atoms with Crippen molar-refractivity contribution in [2.45, 2.75) is 18.7 Å². The molecule has 0 spiro atoms. The molecule has 0 bridgehead atoms. The van der Waals surface area contributed by atoms with Crippen molar-refractivity contribution in [1.29, 1.82) is 0 Å². The molecule has 0 aromatic heterocycles. The molecule has 3 rings (SSSR count). The number of rotatable bonds is 6. The molecular formula is C20H27N3O3S. The Morgan fingerprint density at radius 2 is 1.70 bits per heavy atom. The molecule has 0 unspecified atom stereocenters. The molecular weight excluding hydrogens is 362 g/mol. The number of benzene rings is 2. The van der Waals surface area contributed by atoms with Gasteiger partial charge in [0.25, 0.3) is 0 Å². The summed E-state index contributed by atoms with van der Waals surface area (Å²) in [5.41, 5.74) is 0. The number of amides is 1. The van der Waals surface area contributed by atoms with E-state index in [0.717, 1.165) is 10.8 Å². The lowest BCUT2D eigenvalue weighted by Crippen LogP contribution is -2.51. The van der Waals surface area contributed by atoms with Crippen LogP contribution in [0, 0.1) is 5.92 Å². The van der Waals surface area contributed by atoms with Crippen LogP contribution in [-0.4, -0.2) is 62.8 Å². The molecule has 0 atom stereocenters. The molecule has 146 valence electrons. The molecule has 0 aliphatic carbocycles. The Bertz CT molecular complexity index is 904. The fourth-order valence-electron chi connectivity index (χ4n) is 3.18. The zero-order valence-electron chi connectivity index (χ0n) is 15.9. The van der Waals surface area contributed by atoms with Crippen LogP contribution in [0.2, 0.25) is 0 Å². The summed E-state index contributed by atoms with van der Waals surface area (Å²) in [5.74, 6) is 0.410. The molecule has 1 amide bonds. The van der Waals surface area contributed by atoms with E-state index in [9.17, 15) is 13.2 Å². The van der Waals surface area contributed by atoms with Gasteiger partial charge in [-0.1, -0.05) is 44.2 Å². The second kappa shape index (κ2) is 8.37. The van der Waals surface area contributed by atoms with Crippen LogP contribution in [0.15, 0.2) is 47.4 Å². The van der Waals surface area contributed by atoms with Crippen molar-refractivity contribution in [2.75, 3.05) is 39.3 Å². The molecule has 1 aliphatic heterocycles. The first-order valence-corrected chi connectivity index (χ1v) is 10.8. The number of nitrogens with zero attached hydrogens (tertiary/aromatic N) is 2. The summed E-state index contributed by atoms with van der Waals surface area (Å²) < 4.78 is 27.4. The van der Waals surface area contributed by atoms with Crippen molar-refractivity contribution in [3.05, 3.63) is 42.5 Å². The lowest BCUT2D eigenvalue weighted by atomic mass is 10.1. The van der Waals surface area contributed by atoms with Crippen molar-refractivity contribution < 1.29 is 13.2 Å². The Kier molecular flexibility index (Phi) is 6.14. The maximum absolute atomic E-state index is 13.0. The van der Waals surface area contributed by atoms with E-state index in [1.54, 1.807) is 12.1 Å². The number of carbonyl (C=O) groups is 1. The number of fused-ring (bicyclic) bond motifs is 1. The zero-order chi connectivity index (χ0) is 19.4. The average molecular weight is 390 g/mol. The van der Waals surface area contributed by atoms with Crippen LogP contribution < -0.4 is 5.32 Å². The van der Waals surface area contributed by atoms with Crippen molar-refractivity contribution in [3.63, 3.8) is 0 Å². The number of hydrogen-bond donors (Lipinski definition) is 1. The molecule has 2 aromatic carbocycles. The zero-order valence-corrected chi connectivity index (χ0v) is 16.7. The van der Waals surface area contributed by atoms with Gasteiger partial charge in [-0.15, -0.1) is 0 Å². The maximum atomic E-state index is 13.0. The van der Waals surface area contributed by atoms with Crippen molar-refractivity contribution >= 4 is 26.7 Å². The molecule has 0 saturated carbocycles. The molecule has 1 fully saturated rings. The third-order valence-electron chi connectivity index (χ3n) is 4.76. The Hall–Kier alpha value is -1.96. The average Bonchev–Trinajstić information content (AvgIpc) is 2.66. The van der Waals surface area contributed by atoms with Gasteiger partial charge < -0.3 is 5.32 Å². The molecule has 27 heavy (non-hydrogen) atoms. The summed E-state index contributed by atoms with van der Waals surface area (Å²) in [7, 11) is -3.52. The van der Waals surface area contributed by atoms with E-state index in [4.69, 9.17) is 0 Å². The Labute approximate surface area is 161 Å². The van der Waals surface area contributed by atoms with Crippen LogP contribution in [0.1, 0.15) is 13.8 Å². The van der Waals surface area contributed by atoms with Crippen LogP contribution in [0.4, 0.5) is 0 Å². The summed E-state index contributed by atoms with van der Waals surface area (Å²) in [4.78, 5) is 14.3. The number of nitrogens with one attached hydrogen (secondary N) is 1. The first kappa shape index (κ1) is 19.8. The molecule has 1 heterocycles. The molecule has 1 N–H and O–H groups in total. The van der Waals surface area contributed by atoms with Crippen LogP contribution in [-0.2, 0) is 14.8 Å². The minimum Gasteiger partial charge on any atom is -0.355 e. The highest BCUT2D eigenvalue weighted by atomic mass is 32.2. The predicted octanol–water partition coefficient (Wildman–Crippen LogP) is 1.92. The largest absolute Gasteiger partial charge is 0.355 e. The smallest absolute Gasteiger partial charge is 0.243 e. The predicted molar refractivity (Wildman–Crippen MR) is 107 cm³/mol. The fraction of sp³-hybridized carbons (Fsp3) is 0.450. The Morgan fingerprint density at radius 3 is 2.37 bits per heavy atom. The van der Waals surface area contributed by atoms with Crippen LogP contribution in [0.3, 0.4) is 0 Å². The second-order valence-corrected chi connectivity index (χ2v) is 9.33. The van der Waals surface area contributed by atoms with Gasteiger partial charge in [0, 0.05) is 32.7 Å². The fourth-order valence-corrected chi connectivity index (χ4v) is 4.64. The lowest BCUT2D eigenvalue weighted by Gasteiger charge is -2.33. The summed E-state index contributed by atoms with van der Waals surface area (Å²) in [6, 6.07) is 13.0. The van der Waals surface area contributed by atoms with Gasteiger partial charge in [0.2, 0.25) is 15.9 Å². The molecule has 2 aromatic rings. The first-order chi connectivity index (χ1) is 12.9. The molecule has 1 saturated heterocycles. The molecule has 1 aliphatic rings. The highest BCUT2D eigenvalue weighted by molar-refractivity contribution is 7.89. The minimum absolute atomic E-state index is 0.00506. The number of hydrogen-bond acceptors (Lipinski definition) is 4. The van der Waals surface area contributed by atoms with Gasteiger partial charge in [0.05, 0.1) is 11.4 Å². The SMILES string of the molecule is CC(C)CNC(=O)CN1CCN(S(=O)(=O)c2ccc3ccccc3c2)CC1. The highest BCUT2D eigenvalue weighted by Gasteiger charge is 2.29. The third-order valence-corrected chi connectivity index (χ3v) is 6.66. The van der Waals surface area contributed by atoms with E-state index < -0.39 is 10.0 Å². The number of sulfonamides is 1. The summed E-state index contributed by atoms with van der Waals surface area (Å²) in [6.45, 7) is 6.99. The van der Waals surface area contributed by atoms with Crippen LogP contribution in [0.5, 0.6) is 0 Å². The Morgan fingerprint density at radius 1 is 1.04 bits per heavy atom. The van der Waals surface area contributed by atoms with E-state index in [0.29, 0.717) is 50.1 Å². The quantitative estimate of drug-likeness (QED) is 0.820. The van der Waals surface area contributed by atoms with E-state index in [1.807, 2.05) is 35.2 Å². The summed E-state index contributed by atoms with van der Waals surface area (Å²) >= 11 is 0. The summed E-state index contributed by atoms with van der Waals surface area (Å²) in [5, 5.41) is 4.84. The number of piperazine rings is 1. The standard InChI is InChI=1S/C20H27N3O3S/c1-16(2)14-21-20(24)15-22-9-11-23(12-10-22)27(25,26)19-8-7-17-5-3-4-6-18(17)13-19/h3-8,13,16H,9-12,14-15H2,1-2H3,(H,21,24). The van der Waals surface area contributed by atoms with Crippen molar-refractivity contribution in [1.82, 2.24) is 14.5 Å². The van der Waals surface area contributed by atoms with E-state index in [-0.39, 0.29) is 5.91 Å². The molecule has 7 heteroatoms. The summed E-state index contributed by atoms with van der Waals surface area (Å²) in [6.07, 6.45) is 0. The van der Waals surface area contributed by atoms with Gasteiger partial charge in [-0.25, -0.2) is 8.42 Å². The van der Waals surface area contributed by atoms with Gasteiger partial charge in [0.1, 0.15) is 0 Å². The van der Waals surface area contributed by atoms with Gasteiger partial charge in [-0.2, -0.15) is 4.31 Å². The molecule has 0 radical (unpaired) electrons. The normalized spacial score (nSPS) is 16.7. The Balaban J connectivity index is 1.61. The van der Waals surface area contributed by atoms with Gasteiger partial charge in [-0.3, -0.25) is 9.69 Å². The third kappa shape index (κ3) is 4.86.